The van der Waals surface area contributed by atoms with E-state index in [2.05, 4.69) is 5.32 Å². The van der Waals surface area contributed by atoms with Crippen molar-refractivity contribution in [1.82, 2.24) is 5.32 Å². The molecule has 2 amide bonds. The molecule has 0 saturated carbocycles. The summed E-state index contributed by atoms with van der Waals surface area (Å²) >= 11 is 0. The summed E-state index contributed by atoms with van der Waals surface area (Å²) in [6.45, 7) is 0.913. The number of benzene rings is 3. The Labute approximate surface area is 200 Å². The van der Waals surface area contributed by atoms with Gasteiger partial charge in [0.1, 0.15) is 18.0 Å². The van der Waals surface area contributed by atoms with Crippen LogP contribution in [0.1, 0.15) is 28.9 Å². The van der Waals surface area contributed by atoms with E-state index >= 15 is 0 Å². The van der Waals surface area contributed by atoms with Gasteiger partial charge in [0, 0.05) is 11.6 Å². The van der Waals surface area contributed by atoms with Gasteiger partial charge >= 0.3 is 0 Å². The molecule has 3 aromatic carbocycles. The van der Waals surface area contributed by atoms with Crippen molar-refractivity contribution in [1.29, 1.82) is 0 Å². The molecule has 0 radical (unpaired) electrons. The number of rotatable bonds is 8. The van der Waals surface area contributed by atoms with Gasteiger partial charge in [0.15, 0.2) is 30.6 Å². The number of fused-ring (bicyclic) bond motifs is 1. The highest BCUT2D eigenvalue weighted by Gasteiger charge is 2.29. The van der Waals surface area contributed by atoms with Gasteiger partial charge in [-0.25, -0.2) is 8.78 Å². The predicted octanol–water partition coefficient (Wildman–Crippen LogP) is 3.83. The Morgan fingerprint density at radius 3 is 2.57 bits per heavy atom. The molecule has 0 aliphatic carbocycles. The fourth-order valence-electron chi connectivity index (χ4n) is 3.60. The smallest absolute Gasteiger partial charge is 0.265 e. The van der Waals surface area contributed by atoms with Gasteiger partial charge in [0.05, 0.1) is 11.7 Å². The molecule has 0 bridgehead atoms. The Kier molecular flexibility index (Phi) is 7.05. The van der Waals surface area contributed by atoms with Crippen LogP contribution in [0, 0.1) is 11.6 Å². The molecule has 7 nitrogen and oxygen atoms in total. The molecule has 1 atom stereocenters. The fraction of sp³-hybridized carbons (Fsp3) is 0.192. The average Bonchev–Trinajstić information content (AvgIpc) is 2.86. The number of Topliss-reactive ketones (excluding diaryl/α,β-unsaturated/α-hetero) is 1. The van der Waals surface area contributed by atoms with Gasteiger partial charge in [-0.15, -0.1) is 0 Å². The van der Waals surface area contributed by atoms with Gasteiger partial charge in [-0.2, -0.15) is 0 Å². The molecule has 1 aliphatic heterocycles. The van der Waals surface area contributed by atoms with Crippen LogP contribution in [0.25, 0.3) is 0 Å². The van der Waals surface area contributed by atoms with Crippen molar-refractivity contribution in [2.24, 2.45) is 0 Å². The minimum atomic E-state index is -1.09. The number of hydrogen-bond acceptors (Lipinski definition) is 5. The lowest BCUT2D eigenvalue weighted by atomic mass is 10.1. The summed E-state index contributed by atoms with van der Waals surface area (Å²) in [6.07, 6.45) is 0. The highest BCUT2D eigenvalue weighted by atomic mass is 19.2. The van der Waals surface area contributed by atoms with Crippen molar-refractivity contribution in [2.75, 3.05) is 24.7 Å². The Balaban J connectivity index is 1.46. The zero-order chi connectivity index (χ0) is 24.9. The molecular formula is C26H22F2N2O5. The highest BCUT2D eigenvalue weighted by molar-refractivity contribution is 6.04. The Hall–Kier alpha value is -4.27. The van der Waals surface area contributed by atoms with Crippen LogP contribution in [0.3, 0.4) is 0 Å². The van der Waals surface area contributed by atoms with Crippen molar-refractivity contribution in [3.05, 3.63) is 89.5 Å². The number of ether oxygens (including phenoxy) is 2. The monoisotopic (exact) mass is 480 g/mol. The maximum Gasteiger partial charge on any atom is 0.265 e. The Morgan fingerprint density at radius 2 is 1.83 bits per heavy atom. The first kappa shape index (κ1) is 23.9. The summed E-state index contributed by atoms with van der Waals surface area (Å²) in [4.78, 5) is 39.1. The number of ketones is 1. The molecule has 0 spiro atoms. The Morgan fingerprint density at radius 1 is 1.06 bits per heavy atom. The molecule has 3 aromatic rings. The molecule has 1 aliphatic rings. The third-order valence-electron chi connectivity index (χ3n) is 5.46. The highest BCUT2D eigenvalue weighted by Crippen LogP contribution is 2.33. The number of halogens is 2. The second-order valence-electron chi connectivity index (χ2n) is 7.94. The zero-order valence-electron chi connectivity index (χ0n) is 18.8. The van der Waals surface area contributed by atoms with Crippen LogP contribution < -0.4 is 19.7 Å². The summed E-state index contributed by atoms with van der Waals surface area (Å²) < 4.78 is 37.1. The summed E-state index contributed by atoms with van der Waals surface area (Å²) in [5.41, 5.74) is 1.40. The summed E-state index contributed by atoms with van der Waals surface area (Å²) in [5.74, 6) is -3.02. The van der Waals surface area contributed by atoms with Crippen LogP contribution in [-0.4, -0.2) is 37.4 Å². The third kappa shape index (κ3) is 5.63. The minimum absolute atomic E-state index is 0.000412. The van der Waals surface area contributed by atoms with E-state index in [0.717, 1.165) is 17.7 Å². The van der Waals surface area contributed by atoms with Crippen molar-refractivity contribution in [2.45, 2.75) is 13.0 Å². The molecule has 1 N–H and O–H groups in total. The quantitative estimate of drug-likeness (QED) is 0.496. The topological polar surface area (TPSA) is 84.9 Å². The van der Waals surface area contributed by atoms with Crippen LogP contribution >= 0.6 is 0 Å². The maximum absolute atomic E-state index is 13.4. The number of nitrogens with zero attached hydrogens (tertiary/aromatic N) is 1. The van der Waals surface area contributed by atoms with E-state index in [4.69, 9.17) is 9.47 Å². The molecule has 180 valence electrons. The lowest BCUT2D eigenvalue weighted by Crippen LogP contribution is -2.45. The second-order valence-corrected chi connectivity index (χ2v) is 7.94. The first-order chi connectivity index (χ1) is 16.8. The lowest BCUT2D eigenvalue weighted by Gasteiger charge is -2.29. The largest absolute Gasteiger partial charge is 0.485 e. The minimum Gasteiger partial charge on any atom is -0.485 e. The number of carbonyl (C=O) groups excluding carboxylic acids is 3. The van der Waals surface area contributed by atoms with Gasteiger partial charge in [-0.3, -0.25) is 19.3 Å². The number of anilines is 1. The van der Waals surface area contributed by atoms with Gasteiger partial charge in [0.2, 0.25) is 5.91 Å². The number of carbonyl (C=O) groups is 3. The molecule has 1 unspecified atom stereocenters. The van der Waals surface area contributed by atoms with Crippen LogP contribution in [0.2, 0.25) is 0 Å². The number of amides is 2. The van der Waals surface area contributed by atoms with E-state index < -0.39 is 29.9 Å². The SMILES string of the molecule is CC(NC(=O)CN1C(=O)COc2ccc(C(=O)COc3ccc(F)c(F)c3)cc21)c1ccccc1. The Bertz CT molecular complexity index is 1270. The number of nitrogens with one attached hydrogen (secondary N) is 1. The summed E-state index contributed by atoms with van der Waals surface area (Å²) in [6, 6.07) is 16.6. The van der Waals surface area contributed by atoms with E-state index in [9.17, 15) is 23.2 Å². The first-order valence-electron chi connectivity index (χ1n) is 10.8. The van der Waals surface area contributed by atoms with E-state index in [-0.39, 0.29) is 42.1 Å². The van der Waals surface area contributed by atoms with Crippen molar-refractivity contribution >= 4 is 23.3 Å². The average molecular weight is 480 g/mol. The lowest BCUT2D eigenvalue weighted by molar-refractivity contribution is -0.125. The molecule has 4 rings (SSSR count). The van der Waals surface area contributed by atoms with Gasteiger partial charge in [0.25, 0.3) is 5.91 Å². The van der Waals surface area contributed by atoms with Crippen LogP contribution in [0.15, 0.2) is 66.7 Å². The van der Waals surface area contributed by atoms with Crippen LogP contribution in [0.5, 0.6) is 11.5 Å². The molecule has 0 aromatic heterocycles. The van der Waals surface area contributed by atoms with Crippen LogP contribution in [-0.2, 0) is 9.59 Å². The van der Waals surface area contributed by atoms with Crippen molar-refractivity contribution < 1.29 is 32.6 Å². The summed E-state index contributed by atoms with van der Waals surface area (Å²) in [5, 5.41) is 2.86. The fourth-order valence-corrected chi connectivity index (χ4v) is 3.60. The van der Waals surface area contributed by atoms with E-state index in [1.165, 1.54) is 29.2 Å². The van der Waals surface area contributed by atoms with E-state index in [1.807, 2.05) is 37.3 Å². The maximum atomic E-state index is 13.4. The van der Waals surface area contributed by atoms with Gasteiger partial charge in [-0.1, -0.05) is 30.3 Å². The van der Waals surface area contributed by atoms with Crippen molar-refractivity contribution in [3.8, 4) is 11.5 Å². The van der Waals surface area contributed by atoms with Crippen molar-refractivity contribution in [3.63, 3.8) is 0 Å². The van der Waals surface area contributed by atoms with E-state index in [0.29, 0.717) is 5.75 Å². The standard InChI is InChI=1S/C26H22F2N2O5/c1-16(17-5-3-2-4-6-17)29-25(32)13-30-22-11-18(7-10-24(22)35-15-26(30)33)23(31)14-34-19-8-9-20(27)21(28)12-19/h2-12,16H,13-15H2,1H3,(H,29,32). The molecule has 0 saturated heterocycles. The second kappa shape index (κ2) is 10.3. The molecule has 35 heavy (non-hydrogen) atoms. The molecular weight excluding hydrogens is 458 g/mol. The van der Waals surface area contributed by atoms with Crippen LogP contribution in [0.4, 0.5) is 14.5 Å². The summed E-state index contributed by atoms with van der Waals surface area (Å²) in [7, 11) is 0. The molecule has 1 heterocycles. The molecule has 0 fully saturated rings. The first-order valence-corrected chi connectivity index (χ1v) is 10.8. The zero-order valence-corrected chi connectivity index (χ0v) is 18.8. The van der Waals surface area contributed by atoms with Gasteiger partial charge < -0.3 is 14.8 Å². The normalized spacial score (nSPS) is 13.5. The predicted molar refractivity (Wildman–Crippen MR) is 123 cm³/mol. The third-order valence-corrected chi connectivity index (χ3v) is 5.46. The van der Waals surface area contributed by atoms with E-state index in [1.54, 1.807) is 0 Å². The van der Waals surface area contributed by atoms with Gasteiger partial charge in [-0.05, 0) is 42.8 Å². The molecule has 9 heteroatoms. The number of hydrogen-bond donors (Lipinski definition) is 1.